The first-order valence-electron chi connectivity index (χ1n) is 6.51. The van der Waals surface area contributed by atoms with E-state index >= 15 is 0 Å². The molecule has 2 aromatic carbocycles. The van der Waals surface area contributed by atoms with Crippen LogP contribution in [0.2, 0.25) is 0 Å². The molecule has 2 aromatic rings. The molecular weight excluding hydrogens is 222 g/mol. The van der Waals surface area contributed by atoms with Gasteiger partial charge in [-0.15, -0.1) is 0 Å². The van der Waals surface area contributed by atoms with E-state index in [0.29, 0.717) is 6.17 Å². The SMILES string of the molecule is C1=Nc2cccc3cccc(c23)N1C1CCCN1. The van der Waals surface area contributed by atoms with Gasteiger partial charge in [0.1, 0.15) is 0 Å². The second-order valence-corrected chi connectivity index (χ2v) is 4.92. The Labute approximate surface area is 106 Å². The van der Waals surface area contributed by atoms with Crippen LogP contribution in [0, 0.1) is 0 Å². The quantitative estimate of drug-likeness (QED) is 0.825. The minimum absolute atomic E-state index is 0.396. The fourth-order valence-electron chi connectivity index (χ4n) is 2.96. The van der Waals surface area contributed by atoms with Crippen LogP contribution < -0.4 is 10.2 Å². The summed E-state index contributed by atoms with van der Waals surface area (Å²) in [5.74, 6) is 0. The zero-order valence-electron chi connectivity index (χ0n) is 10.1. The highest BCUT2D eigenvalue weighted by Crippen LogP contribution is 2.38. The molecule has 18 heavy (non-hydrogen) atoms. The topological polar surface area (TPSA) is 27.6 Å². The van der Waals surface area contributed by atoms with Gasteiger partial charge in [0, 0.05) is 5.39 Å². The molecule has 0 aliphatic carbocycles. The van der Waals surface area contributed by atoms with Gasteiger partial charge in [0.2, 0.25) is 0 Å². The zero-order valence-corrected chi connectivity index (χ0v) is 10.1. The van der Waals surface area contributed by atoms with Gasteiger partial charge in [0.15, 0.2) is 0 Å². The third-order valence-corrected chi connectivity index (χ3v) is 3.83. The van der Waals surface area contributed by atoms with E-state index in [2.05, 4.69) is 51.6 Å². The van der Waals surface area contributed by atoms with Gasteiger partial charge in [-0.3, -0.25) is 5.32 Å². The first kappa shape index (κ1) is 10.1. The fraction of sp³-hybridized carbons (Fsp3) is 0.267. The molecule has 1 atom stereocenters. The summed E-state index contributed by atoms with van der Waals surface area (Å²) in [7, 11) is 0. The molecule has 1 N–H and O–H groups in total. The van der Waals surface area contributed by atoms with Crippen LogP contribution in [0.3, 0.4) is 0 Å². The Morgan fingerprint density at radius 1 is 1.17 bits per heavy atom. The Balaban J connectivity index is 1.92. The first-order chi connectivity index (χ1) is 8.93. The van der Waals surface area contributed by atoms with Crippen LogP contribution in [-0.2, 0) is 0 Å². The first-order valence-corrected chi connectivity index (χ1v) is 6.51. The van der Waals surface area contributed by atoms with E-state index in [-0.39, 0.29) is 0 Å². The highest BCUT2D eigenvalue weighted by Gasteiger charge is 2.25. The Bertz CT molecular complexity index is 621. The molecule has 0 saturated carbocycles. The number of nitrogens with one attached hydrogen (secondary N) is 1. The summed E-state index contributed by atoms with van der Waals surface area (Å²) in [6, 6.07) is 12.8. The Morgan fingerprint density at radius 2 is 2.06 bits per heavy atom. The molecule has 3 nitrogen and oxygen atoms in total. The standard InChI is InChI=1S/C15H15N3/c1-4-11-5-2-7-13-15(11)12(6-1)17-10-18(13)14-8-3-9-16-14/h1-2,4-7,10,14,16H,3,8-9H2. The lowest BCUT2D eigenvalue weighted by atomic mass is 10.0. The molecule has 4 rings (SSSR count). The molecule has 2 aliphatic heterocycles. The minimum atomic E-state index is 0.396. The van der Waals surface area contributed by atoms with Crippen LogP contribution in [0.25, 0.3) is 10.8 Å². The van der Waals surface area contributed by atoms with Crippen LogP contribution in [0.15, 0.2) is 41.4 Å². The molecule has 0 spiro atoms. The molecule has 1 unspecified atom stereocenters. The smallest absolute Gasteiger partial charge is 0.0970 e. The molecule has 3 heteroatoms. The lowest BCUT2D eigenvalue weighted by Gasteiger charge is -2.30. The Kier molecular flexibility index (Phi) is 2.14. The van der Waals surface area contributed by atoms with E-state index in [1.807, 2.05) is 6.34 Å². The molecule has 0 amide bonds. The van der Waals surface area contributed by atoms with Crippen molar-refractivity contribution >= 4 is 28.5 Å². The van der Waals surface area contributed by atoms with Crippen molar-refractivity contribution in [3.05, 3.63) is 36.4 Å². The molecule has 2 aliphatic rings. The third-order valence-electron chi connectivity index (χ3n) is 3.83. The third kappa shape index (κ3) is 1.37. The summed E-state index contributed by atoms with van der Waals surface area (Å²) in [6.07, 6.45) is 4.80. The van der Waals surface area contributed by atoms with Gasteiger partial charge >= 0.3 is 0 Å². The minimum Gasteiger partial charge on any atom is -0.316 e. The van der Waals surface area contributed by atoms with Gasteiger partial charge in [0.05, 0.1) is 23.9 Å². The Hall–Kier alpha value is -1.87. The summed E-state index contributed by atoms with van der Waals surface area (Å²) < 4.78 is 0. The van der Waals surface area contributed by atoms with Crippen LogP contribution in [0.5, 0.6) is 0 Å². The second kappa shape index (κ2) is 3.82. The highest BCUT2D eigenvalue weighted by molar-refractivity contribution is 6.09. The van der Waals surface area contributed by atoms with Gasteiger partial charge in [-0.25, -0.2) is 4.99 Å². The van der Waals surface area contributed by atoms with Gasteiger partial charge in [0.25, 0.3) is 0 Å². The number of hydrogen-bond donors (Lipinski definition) is 1. The number of nitrogens with zero attached hydrogens (tertiary/aromatic N) is 2. The lowest BCUT2D eigenvalue weighted by Crippen LogP contribution is -2.41. The second-order valence-electron chi connectivity index (χ2n) is 4.92. The van der Waals surface area contributed by atoms with E-state index in [4.69, 9.17) is 0 Å². The maximum atomic E-state index is 4.60. The lowest BCUT2D eigenvalue weighted by molar-refractivity contribution is 0.629. The van der Waals surface area contributed by atoms with Crippen molar-refractivity contribution in [2.75, 3.05) is 11.4 Å². The van der Waals surface area contributed by atoms with Gasteiger partial charge in [-0.2, -0.15) is 0 Å². The summed E-state index contributed by atoms with van der Waals surface area (Å²) in [4.78, 5) is 6.88. The highest BCUT2D eigenvalue weighted by atomic mass is 15.3. The number of benzene rings is 2. The van der Waals surface area contributed by atoms with Crippen molar-refractivity contribution in [3.8, 4) is 0 Å². The normalized spacial score (nSPS) is 21.8. The molecular formula is C15H15N3. The van der Waals surface area contributed by atoms with Crippen molar-refractivity contribution in [2.24, 2.45) is 4.99 Å². The van der Waals surface area contributed by atoms with E-state index in [1.54, 1.807) is 0 Å². The molecule has 1 fully saturated rings. The van der Waals surface area contributed by atoms with Gasteiger partial charge in [-0.05, 0) is 36.9 Å². The average molecular weight is 237 g/mol. The van der Waals surface area contributed by atoms with Gasteiger partial charge < -0.3 is 4.90 Å². The fourth-order valence-corrected chi connectivity index (χ4v) is 2.96. The van der Waals surface area contributed by atoms with Crippen molar-refractivity contribution in [3.63, 3.8) is 0 Å². The summed E-state index contributed by atoms with van der Waals surface area (Å²) in [6.45, 7) is 1.10. The predicted molar refractivity (Wildman–Crippen MR) is 75.6 cm³/mol. The van der Waals surface area contributed by atoms with Crippen molar-refractivity contribution in [1.29, 1.82) is 0 Å². The molecule has 0 radical (unpaired) electrons. The molecule has 0 bridgehead atoms. The monoisotopic (exact) mass is 237 g/mol. The number of anilines is 1. The number of aliphatic imine (C=N–C) groups is 1. The van der Waals surface area contributed by atoms with E-state index in [1.165, 1.54) is 29.3 Å². The zero-order chi connectivity index (χ0) is 11.9. The van der Waals surface area contributed by atoms with Gasteiger partial charge in [-0.1, -0.05) is 24.3 Å². The summed E-state index contributed by atoms with van der Waals surface area (Å²) in [5.41, 5.74) is 2.36. The predicted octanol–water partition coefficient (Wildman–Crippen LogP) is 3.03. The maximum Gasteiger partial charge on any atom is 0.0970 e. The largest absolute Gasteiger partial charge is 0.316 e. The molecule has 0 aromatic heterocycles. The van der Waals surface area contributed by atoms with Crippen LogP contribution >= 0.6 is 0 Å². The maximum absolute atomic E-state index is 4.60. The summed E-state index contributed by atoms with van der Waals surface area (Å²) >= 11 is 0. The van der Waals surface area contributed by atoms with Crippen molar-refractivity contribution in [1.82, 2.24) is 5.32 Å². The molecule has 2 heterocycles. The van der Waals surface area contributed by atoms with Crippen LogP contribution in [0.1, 0.15) is 12.8 Å². The van der Waals surface area contributed by atoms with Crippen molar-refractivity contribution in [2.45, 2.75) is 19.0 Å². The number of rotatable bonds is 1. The molecule has 90 valence electrons. The van der Waals surface area contributed by atoms with Crippen molar-refractivity contribution < 1.29 is 0 Å². The Morgan fingerprint density at radius 3 is 2.89 bits per heavy atom. The summed E-state index contributed by atoms with van der Waals surface area (Å²) in [5, 5.41) is 6.08. The van der Waals surface area contributed by atoms with E-state index in [9.17, 15) is 0 Å². The average Bonchev–Trinajstić information content (AvgIpc) is 2.94. The van der Waals surface area contributed by atoms with Crippen LogP contribution in [-0.4, -0.2) is 19.0 Å². The van der Waals surface area contributed by atoms with E-state index < -0.39 is 0 Å². The molecule has 1 saturated heterocycles. The number of hydrogen-bond acceptors (Lipinski definition) is 3. The van der Waals surface area contributed by atoms with E-state index in [0.717, 1.165) is 12.2 Å². The van der Waals surface area contributed by atoms with Crippen LogP contribution in [0.4, 0.5) is 11.4 Å².